The largest absolute Gasteiger partial charge is 0.367 e. The Bertz CT molecular complexity index is 1210. The number of nitrogens with one attached hydrogen (secondary N) is 2. The molecule has 0 radical (unpaired) electrons. The fraction of sp³-hybridized carbons (Fsp3) is 0.0417. The van der Waals surface area contributed by atoms with Crippen LogP contribution in [0.25, 0.3) is 11.4 Å². The first kappa shape index (κ1) is 20.8. The average molecular weight is 428 g/mol. The first-order chi connectivity index (χ1) is 15.5. The van der Waals surface area contributed by atoms with Crippen molar-refractivity contribution in [3.63, 3.8) is 0 Å². The summed E-state index contributed by atoms with van der Waals surface area (Å²) < 4.78 is 3.59. The van der Waals surface area contributed by atoms with E-state index in [2.05, 4.69) is 16.7 Å². The molecule has 2 aromatic carbocycles. The van der Waals surface area contributed by atoms with E-state index in [0.29, 0.717) is 5.69 Å². The fourth-order valence-corrected chi connectivity index (χ4v) is 3.35. The van der Waals surface area contributed by atoms with Crippen molar-refractivity contribution in [2.24, 2.45) is 0 Å². The third-order valence-electron chi connectivity index (χ3n) is 4.92. The van der Waals surface area contributed by atoms with Crippen molar-refractivity contribution in [3.05, 3.63) is 109 Å². The average Bonchev–Trinajstić information content (AvgIpc) is 3.52. The number of barbiturate groups is 1. The molecule has 1 aliphatic heterocycles. The van der Waals surface area contributed by atoms with Crippen molar-refractivity contribution in [1.82, 2.24) is 19.8 Å². The quantitative estimate of drug-likeness (QED) is 0.436. The predicted octanol–water partition coefficient (Wildman–Crippen LogP) is 2.51. The summed E-state index contributed by atoms with van der Waals surface area (Å²) >= 11 is 0. The van der Waals surface area contributed by atoms with Gasteiger partial charge in [0.15, 0.2) is 0 Å². The van der Waals surface area contributed by atoms with Gasteiger partial charge in [0.2, 0.25) is 0 Å². The minimum absolute atomic E-state index is 0.0520. The van der Waals surface area contributed by atoms with Crippen molar-refractivity contribution >= 4 is 17.8 Å². The number of hydrogen-bond acceptors (Lipinski definition) is 4. The van der Waals surface area contributed by atoms with Crippen LogP contribution in [0.5, 0.6) is 0 Å². The van der Waals surface area contributed by atoms with Gasteiger partial charge in [-0.1, -0.05) is 36.4 Å². The number of rotatable bonds is 3. The number of imide groups is 2. The van der Waals surface area contributed by atoms with E-state index in [1.807, 2.05) is 59.4 Å². The Kier molecular flexibility index (Phi) is 5.69. The Morgan fingerprint density at radius 2 is 1.16 bits per heavy atom. The van der Waals surface area contributed by atoms with Crippen molar-refractivity contribution in [1.29, 1.82) is 0 Å². The highest BCUT2D eigenvalue weighted by Crippen LogP contribution is 2.27. The van der Waals surface area contributed by atoms with E-state index in [-0.39, 0.29) is 5.69 Å². The Labute approximate surface area is 183 Å². The van der Waals surface area contributed by atoms with Crippen molar-refractivity contribution in [2.75, 3.05) is 0 Å². The molecule has 0 bridgehead atoms. The monoisotopic (exact) mass is 428 g/mol. The molecule has 1 saturated heterocycles. The van der Waals surface area contributed by atoms with Gasteiger partial charge in [0.1, 0.15) is 0 Å². The molecule has 1 aliphatic rings. The number of amides is 4. The van der Waals surface area contributed by atoms with Gasteiger partial charge in [-0.2, -0.15) is 0 Å². The number of para-hydroxylation sites is 2. The van der Waals surface area contributed by atoms with E-state index >= 15 is 0 Å². The molecule has 0 atom stereocenters. The van der Waals surface area contributed by atoms with E-state index in [1.54, 1.807) is 36.5 Å². The van der Waals surface area contributed by atoms with Gasteiger partial charge in [-0.15, -0.1) is 0 Å². The molecule has 0 unspecified atom stereocenters. The Morgan fingerprint density at radius 3 is 1.72 bits per heavy atom. The third kappa shape index (κ3) is 3.94. The number of aromatic nitrogens is 2. The SMILES string of the molecule is O=C1NC(=O)C(O)(c2cccn2-c2ccccc2)C(=O)N1.c1ccc(-n2cccc2)cc1. The Hall–Kier alpha value is -4.43. The predicted molar refractivity (Wildman–Crippen MR) is 117 cm³/mol. The van der Waals surface area contributed by atoms with E-state index in [1.165, 1.54) is 16.3 Å². The Morgan fingerprint density at radius 1 is 0.625 bits per heavy atom. The third-order valence-corrected chi connectivity index (χ3v) is 4.92. The standard InChI is InChI=1S/C14H11N3O4.C10H9N/c18-11-14(21,12(19)16-13(20)15-11)10-7-4-8-17(10)9-5-2-1-3-6-9;1-2-6-10(7-3-1)11-8-4-5-9-11/h1-8,21H,(H2,15,16,18,19,20);1-9H. The smallest absolute Gasteiger partial charge is 0.328 e. The number of carbonyl (C=O) groups excluding carboxylic acids is 3. The maximum Gasteiger partial charge on any atom is 0.328 e. The van der Waals surface area contributed by atoms with Gasteiger partial charge >= 0.3 is 6.03 Å². The molecule has 32 heavy (non-hydrogen) atoms. The summed E-state index contributed by atoms with van der Waals surface area (Å²) in [4.78, 5) is 35.0. The lowest BCUT2D eigenvalue weighted by atomic mass is 9.95. The van der Waals surface area contributed by atoms with Gasteiger partial charge < -0.3 is 14.2 Å². The molecule has 3 N–H and O–H groups in total. The van der Waals surface area contributed by atoms with Crippen LogP contribution in [0, 0.1) is 0 Å². The zero-order valence-electron chi connectivity index (χ0n) is 16.9. The van der Waals surface area contributed by atoms with Crippen molar-refractivity contribution in [2.45, 2.75) is 5.60 Å². The van der Waals surface area contributed by atoms with E-state index in [9.17, 15) is 19.5 Å². The molecule has 4 aromatic rings. The zero-order valence-corrected chi connectivity index (χ0v) is 16.9. The van der Waals surface area contributed by atoms with Gasteiger partial charge in [-0.05, 0) is 48.5 Å². The zero-order chi connectivity index (χ0) is 22.6. The Balaban J connectivity index is 0.000000186. The van der Waals surface area contributed by atoms with Crippen LogP contribution in [0.4, 0.5) is 4.79 Å². The molecule has 5 rings (SSSR count). The topological polar surface area (TPSA) is 105 Å². The molecule has 3 heterocycles. The van der Waals surface area contributed by atoms with Crippen LogP contribution in [-0.2, 0) is 15.2 Å². The highest BCUT2D eigenvalue weighted by Gasteiger charge is 2.52. The molecule has 0 spiro atoms. The lowest BCUT2D eigenvalue weighted by Crippen LogP contribution is -2.65. The first-order valence-corrected chi connectivity index (χ1v) is 9.81. The molecular formula is C24H20N4O4. The van der Waals surface area contributed by atoms with Gasteiger partial charge in [-0.25, -0.2) is 4.79 Å². The molecule has 4 amide bonds. The molecular weight excluding hydrogens is 408 g/mol. The molecule has 160 valence electrons. The molecule has 8 heteroatoms. The molecule has 0 saturated carbocycles. The lowest BCUT2D eigenvalue weighted by molar-refractivity contribution is -0.156. The first-order valence-electron chi connectivity index (χ1n) is 9.81. The molecule has 2 aromatic heterocycles. The van der Waals surface area contributed by atoms with Crippen LogP contribution in [-0.4, -0.2) is 32.1 Å². The van der Waals surface area contributed by atoms with Gasteiger partial charge in [0.05, 0.1) is 5.69 Å². The van der Waals surface area contributed by atoms with Crippen molar-refractivity contribution < 1.29 is 19.5 Å². The number of carbonyl (C=O) groups is 3. The van der Waals surface area contributed by atoms with E-state index in [0.717, 1.165) is 0 Å². The van der Waals surface area contributed by atoms with Crippen LogP contribution < -0.4 is 10.6 Å². The second-order valence-corrected chi connectivity index (χ2v) is 6.97. The van der Waals surface area contributed by atoms with Crippen LogP contribution in [0.2, 0.25) is 0 Å². The summed E-state index contributed by atoms with van der Waals surface area (Å²) in [6.45, 7) is 0. The molecule has 0 aliphatic carbocycles. The van der Waals surface area contributed by atoms with Crippen molar-refractivity contribution in [3.8, 4) is 11.4 Å². The maximum atomic E-state index is 12.0. The molecule has 1 fully saturated rings. The normalized spacial score (nSPS) is 14.7. The number of hydrogen-bond donors (Lipinski definition) is 3. The van der Waals surface area contributed by atoms with E-state index < -0.39 is 23.4 Å². The van der Waals surface area contributed by atoms with Gasteiger partial charge in [0.25, 0.3) is 17.4 Å². The highest BCUT2D eigenvalue weighted by atomic mass is 16.3. The number of benzene rings is 2. The van der Waals surface area contributed by atoms with Gasteiger partial charge in [-0.3, -0.25) is 20.2 Å². The fourth-order valence-electron chi connectivity index (χ4n) is 3.35. The second kappa shape index (κ2) is 8.75. The summed E-state index contributed by atoms with van der Waals surface area (Å²) in [5.74, 6) is -2.15. The number of urea groups is 1. The minimum Gasteiger partial charge on any atom is -0.367 e. The summed E-state index contributed by atoms with van der Waals surface area (Å²) in [5.41, 5.74) is -0.537. The number of nitrogens with zero attached hydrogens (tertiary/aromatic N) is 2. The minimum atomic E-state index is -2.47. The van der Waals surface area contributed by atoms with Gasteiger partial charge in [0, 0.05) is 30.0 Å². The van der Waals surface area contributed by atoms with Crippen LogP contribution >= 0.6 is 0 Å². The highest BCUT2D eigenvalue weighted by molar-refractivity contribution is 6.21. The van der Waals surface area contributed by atoms with Crippen LogP contribution in [0.15, 0.2) is 104 Å². The summed E-state index contributed by atoms with van der Waals surface area (Å²) in [6.07, 6.45) is 5.68. The van der Waals surface area contributed by atoms with E-state index in [4.69, 9.17) is 0 Å². The summed E-state index contributed by atoms with van der Waals surface area (Å²) in [5, 5.41) is 14.3. The molecule has 8 nitrogen and oxygen atoms in total. The maximum absolute atomic E-state index is 12.0. The summed E-state index contributed by atoms with van der Waals surface area (Å²) in [6, 6.07) is 25.3. The van der Waals surface area contributed by atoms with Crippen LogP contribution in [0.3, 0.4) is 0 Å². The number of aliphatic hydroxyl groups is 1. The second-order valence-electron chi connectivity index (χ2n) is 6.97. The van der Waals surface area contributed by atoms with Crippen LogP contribution in [0.1, 0.15) is 5.69 Å². The summed E-state index contributed by atoms with van der Waals surface area (Å²) in [7, 11) is 0. The lowest BCUT2D eigenvalue weighted by Gasteiger charge is -2.29.